The van der Waals surface area contributed by atoms with E-state index in [1.807, 2.05) is 19.1 Å². The maximum Gasteiger partial charge on any atom is 0.282 e. The number of benzene rings is 1. The molecule has 0 radical (unpaired) electrons. The molecule has 2 aliphatic heterocycles. The monoisotopic (exact) mass is 392 g/mol. The van der Waals surface area contributed by atoms with Gasteiger partial charge < -0.3 is 29.9 Å². The Morgan fingerprint density at radius 1 is 1.14 bits per heavy atom. The molecule has 1 aromatic carbocycles. The highest BCUT2D eigenvalue weighted by Gasteiger charge is 2.32. The third-order valence-electron chi connectivity index (χ3n) is 5.51. The van der Waals surface area contributed by atoms with Gasteiger partial charge in [-0.05, 0) is 25.5 Å². The second kappa shape index (κ2) is 9.75. The van der Waals surface area contributed by atoms with Crippen LogP contribution in [-0.4, -0.2) is 63.9 Å². The highest BCUT2D eigenvalue weighted by Crippen LogP contribution is 2.34. The normalized spacial score (nSPS) is 21.8. The standard InChI is InChI=1S/C20H30N4O4/c1-3-4-7-21-19(25)13-23-8-10-24(11-9-23)15(2)20(26)22-16-5-6-17-18(12-16)28-14-27-17/h5-6,12,15H,3-4,7-11,13-14H2,1-2H3,(H,21,25)(H,22,26)/p+2/t15-/m0/s1. The molecule has 1 atom stereocenters. The van der Waals surface area contributed by atoms with E-state index >= 15 is 0 Å². The van der Waals surface area contributed by atoms with Crippen molar-refractivity contribution < 1.29 is 28.9 Å². The Morgan fingerprint density at radius 3 is 2.64 bits per heavy atom. The molecule has 0 saturated carbocycles. The smallest absolute Gasteiger partial charge is 0.282 e. The third kappa shape index (κ3) is 5.36. The van der Waals surface area contributed by atoms with Crippen molar-refractivity contribution >= 4 is 17.5 Å². The lowest BCUT2D eigenvalue weighted by Crippen LogP contribution is -3.30. The summed E-state index contributed by atoms with van der Waals surface area (Å²) < 4.78 is 10.7. The second-order valence-electron chi connectivity index (χ2n) is 7.57. The Kier molecular flexibility index (Phi) is 7.11. The van der Waals surface area contributed by atoms with Crippen LogP contribution >= 0.6 is 0 Å². The van der Waals surface area contributed by atoms with Crippen LogP contribution in [0.1, 0.15) is 26.7 Å². The van der Waals surface area contributed by atoms with Gasteiger partial charge in [-0.3, -0.25) is 9.59 Å². The summed E-state index contributed by atoms with van der Waals surface area (Å²) >= 11 is 0. The molecule has 154 valence electrons. The van der Waals surface area contributed by atoms with E-state index in [1.165, 1.54) is 9.80 Å². The Bertz CT molecular complexity index is 689. The molecule has 1 aromatic rings. The lowest BCUT2D eigenvalue weighted by atomic mass is 10.2. The topological polar surface area (TPSA) is 85.5 Å². The molecule has 3 rings (SSSR count). The molecule has 0 aromatic heterocycles. The fourth-order valence-corrected chi connectivity index (χ4v) is 3.64. The Morgan fingerprint density at radius 2 is 1.89 bits per heavy atom. The van der Waals surface area contributed by atoms with E-state index in [1.54, 1.807) is 6.07 Å². The zero-order valence-corrected chi connectivity index (χ0v) is 16.8. The van der Waals surface area contributed by atoms with Gasteiger partial charge in [0, 0.05) is 18.3 Å². The predicted octanol–water partition coefficient (Wildman–Crippen LogP) is -1.56. The summed E-state index contributed by atoms with van der Waals surface area (Å²) in [5.41, 5.74) is 0.716. The lowest BCUT2D eigenvalue weighted by molar-refractivity contribution is -1.01. The van der Waals surface area contributed by atoms with Gasteiger partial charge in [0.1, 0.15) is 26.2 Å². The molecule has 8 heteroatoms. The van der Waals surface area contributed by atoms with Gasteiger partial charge in [-0.25, -0.2) is 0 Å². The van der Waals surface area contributed by atoms with Crippen LogP contribution in [0.3, 0.4) is 0 Å². The van der Waals surface area contributed by atoms with Crippen LogP contribution in [0.4, 0.5) is 5.69 Å². The number of carbonyl (C=O) groups excluding carboxylic acids is 2. The maximum absolute atomic E-state index is 12.6. The number of hydrogen-bond donors (Lipinski definition) is 4. The first kappa shape index (κ1) is 20.4. The minimum atomic E-state index is -0.148. The summed E-state index contributed by atoms with van der Waals surface area (Å²) in [6.07, 6.45) is 2.11. The van der Waals surface area contributed by atoms with Crippen LogP contribution in [0, 0.1) is 0 Å². The van der Waals surface area contributed by atoms with Crippen LogP contribution in [0.5, 0.6) is 11.5 Å². The van der Waals surface area contributed by atoms with E-state index in [9.17, 15) is 9.59 Å². The van der Waals surface area contributed by atoms with Gasteiger partial charge >= 0.3 is 0 Å². The van der Waals surface area contributed by atoms with E-state index in [4.69, 9.17) is 9.47 Å². The van der Waals surface area contributed by atoms with E-state index < -0.39 is 0 Å². The fraction of sp³-hybridized carbons (Fsp3) is 0.600. The number of quaternary nitrogens is 2. The summed E-state index contributed by atoms with van der Waals surface area (Å²) in [5, 5.41) is 5.95. The largest absolute Gasteiger partial charge is 0.454 e. The summed E-state index contributed by atoms with van der Waals surface area (Å²) in [5.74, 6) is 1.48. The zero-order chi connectivity index (χ0) is 19.9. The summed E-state index contributed by atoms with van der Waals surface area (Å²) in [4.78, 5) is 27.2. The van der Waals surface area contributed by atoms with Gasteiger partial charge in [0.15, 0.2) is 24.1 Å². The van der Waals surface area contributed by atoms with Crippen molar-refractivity contribution in [3.05, 3.63) is 18.2 Å². The van der Waals surface area contributed by atoms with Gasteiger partial charge in [-0.15, -0.1) is 0 Å². The van der Waals surface area contributed by atoms with Gasteiger partial charge in [0.05, 0.1) is 0 Å². The van der Waals surface area contributed by atoms with Gasteiger partial charge in [-0.1, -0.05) is 13.3 Å². The van der Waals surface area contributed by atoms with E-state index in [2.05, 4.69) is 17.6 Å². The minimum absolute atomic E-state index is 0.00498. The number of hydrogen-bond acceptors (Lipinski definition) is 4. The van der Waals surface area contributed by atoms with Crippen LogP contribution < -0.4 is 29.9 Å². The molecule has 0 spiro atoms. The molecule has 2 amide bonds. The second-order valence-corrected chi connectivity index (χ2v) is 7.57. The van der Waals surface area contributed by atoms with Crippen LogP contribution in [0.15, 0.2) is 18.2 Å². The SMILES string of the molecule is CCCCNC(=O)C[NH+]1CC[NH+]([C@@H](C)C(=O)Nc2ccc3c(c2)OCO3)CC1. The number of fused-ring (bicyclic) bond motifs is 1. The first-order valence-electron chi connectivity index (χ1n) is 10.2. The van der Waals surface area contributed by atoms with E-state index in [-0.39, 0.29) is 24.6 Å². The van der Waals surface area contributed by atoms with Gasteiger partial charge in [0.2, 0.25) is 6.79 Å². The van der Waals surface area contributed by atoms with Gasteiger partial charge in [0.25, 0.3) is 11.8 Å². The number of nitrogens with one attached hydrogen (secondary N) is 4. The molecule has 2 aliphatic rings. The number of anilines is 1. The quantitative estimate of drug-likeness (QED) is 0.403. The first-order valence-corrected chi connectivity index (χ1v) is 10.2. The molecule has 8 nitrogen and oxygen atoms in total. The van der Waals surface area contributed by atoms with Crippen molar-refractivity contribution in [3.8, 4) is 11.5 Å². The molecule has 0 aliphatic carbocycles. The van der Waals surface area contributed by atoms with Crippen LogP contribution in [-0.2, 0) is 9.59 Å². The van der Waals surface area contributed by atoms with Crippen molar-refractivity contribution in [2.75, 3.05) is 51.4 Å². The van der Waals surface area contributed by atoms with E-state index in [0.29, 0.717) is 23.7 Å². The summed E-state index contributed by atoms with van der Waals surface area (Å²) in [7, 11) is 0. The first-order chi connectivity index (χ1) is 13.6. The molecule has 0 bridgehead atoms. The van der Waals surface area contributed by atoms with Crippen molar-refractivity contribution in [1.82, 2.24) is 5.32 Å². The molecule has 4 N–H and O–H groups in total. The maximum atomic E-state index is 12.6. The molecular formula is C20H32N4O4+2. The molecular weight excluding hydrogens is 360 g/mol. The lowest BCUT2D eigenvalue weighted by Gasteiger charge is -2.32. The highest BCUT2D eigenvalue weighted by molar-refractivity contribution is 5.94. The van der Waals surface area contributed by atoms with Crippen molar-refractivity contribution in [3.63, 3.8) is 0 Å². The zero-order valence-electron chi connectivity index (χ0n) is 16.8. The Labute approximate surface area is 166 Å². The molecule has 1 fully saturated rings. The highest BCUT2D eigenvalue weighted by atomic mass is 16.7. The average molecular weight is 393 g/mol. The fourth-order valence-electron chi connectivity index (χ4n) is 3.64. The number of piperazine rings is 1. The van der Waals surface area contributed by atoms with Crippen LogP contribution in [0.2, 0.25) is 0 Å². The molecule has 2 heterocycles. The molecule has 1 saturated heterocycles. The number of rotatable bonds is 8. The summed E-state index contributed by atoms with van der Waals surface area (Å²) in [6, 6.07) is 5.28. The third-order valence-corrected chi connectivity index (χ3v) is 5.51. The van der Waals surface area contributed by atoms with E-state index in [0.717, 1.165) is 45.6 Å². The number of carbonyl (C=O) groups is 2. The predicted molar refractivity (Wildman–Crippen MR) is 105 cm³/mol. The number of ether oxygens (including phenoxy) is 2. The average Bonchev–Trinajstić information content (AvgIpc) is 3.16. The number of amides is 2. The molecule has 0 unspecified atom stereocenters. The van der Waals surface area contributed by atoms with Crippen LogP contribution in [0.25, 0.3) is 0 Å². The molecule has 28 heavy (non-hydrogen) atoms. The minimum Gasteiger partial charge on any atom is -0.454 e. The summed E-state index contributed by atoms with van der Waals surface area (Å²) in [6.45, 7) is 9.14. The van der Waals surface area contributed by atoms with Gasteiger partial charge in [-0.2, -0.15) is 0 Å². The van der Waals surface area contributed by atoms with Crippen molar-refractivity contribution in [2.45, 2.75) is 32.7 Å². The Balaban J connectivity index is 1.42. The Hall–Kier alpha value is -2.32. The van der Waals surface area contributed by atoms with Crippen molar-refractivity contribution in [2.24, 2.45) is 0 Å². The number of unbranched alkanes of at least 4 members (excludes halogenated alkanes) is 1. The van der Waals surface area contributed by atoms with Crippen molar-refractivity contribution in [1.29, 1.82) is 0 Å².